The minimum atomic E-state index is 0.134. The first-order valence-corrected chi connectivity index (χ1v) is 7.92. The summed E-state index contributed by atoms with van der Waals surface area (Å²) in [6.45, 7) is 8.84. The van der Waals surface area contributed by atoms with Gasteiger partial charge in [0.05, 0.1) is 6.26 Å². The maximum atomic E-state index is 5.80. The van der Waals surface area contributed by atoms with Gasteiger partial charge in [-0.05, 0) is 45.6 Å². The summed E-state index contributed by atoms with van der Waals surface area (Å²) in [4.78, 5) is 0. The van der Waals surface area contributed by atoms with E-state index in [1.54, 1.807) is 0 Å². The molecular weight excluding hydrogens is 250 g/mol. The summed E-state index contributed by atoms with van der Waals surface area (Å²) in [5.41, 5.74) is 1.32. The van der Waals surface area contributed by atoms with Gasteiger partial charge >= 0.3 is 0 Å². The first kappa shape index (κ1) is 15.6. The van der Waals surface area contributed by atoms with Crippen molar-refractivity contribution in [1.82, 2.24) is 5.32 Å². The van der Waals surface area contributed by atoms with E-state index in [9.17, 15) is 0 Å². The Balaban J connectivity index is 1.67. The van der Waals surface area contributed by atoms with E-state index >= 15 is 0 Å². The predicted octanol–water partition coefficient (Wildman–Crippen LogP) is 4.26. The number of furan rings is 1. The van der Waals surface area contributed by atoms with Gasteiger partial charge in [-0.2, -0.15) is 0 Å². The quantitative estimate of drug-likeness (QED) is 0.844. The highest BCUT2D eigenvalue weighted by molar-refractivity contribution is 5.12. The molecule has 1 aliphatic rings. The Labute approximate surface area is 123 Å². The Hall–Kier alpha value is -0.800. The Kier molecular flexibility index (Phi) is 5.67. The zero-order valence-electron chi connectivity index (χ0n) is 13.2. The molecule has 3 heteroatoms. The molecule has 0 radical (unpaired) electrons. The second-order valence-corrected chi connectivity index (χ2v) is 7.04. The van der Waals surface area contributed by atoms with Crippen molar-refractivity contribution in [2.75, 3.05) is 6.61 Å². The van der Waals surface area contributed by atoms with Gasteiger partial charge < -0.3 is 14.5 Å². The summed E-state index contributed by atoms with van der Waals surface area (Å²) in [6, 6.07) is 2.10. The second kappa shape index (κ2) is 7.28. The molecule has 0 unspecified atom stereocenters. The van der Waals surface area contributed by atoms with Crippen molar-refractivity contribution < 1.29 is 9.15 Å². The first-order chi connectivity index (χ1) is 9.53. The molecule has 0 amide bonds. The van der Waals surface area contributed by atoms with Crippen LogP contribution in [0.5, 0.6) is 0 Å². The van der Waals surface area contributed by atoms with E-state index < -0.39 is 0 Å². The minimum absolute atomic E-state index is 0.134. The van der Waals surface area contributed by atoms with Gasteiger partial charge in [-0.1, -0.05) is 19.3 Å². The molecule has 114 valence electrons. The highest BCUT2D eigenvalue weighted by atomic mass is 16.5. The third-order valence-electron chi connectivity index (χ3n) is 3.85. The topological polar surface area (TPSA) is 34.4 Å². The Morgan fingerprint density at radius 1 is 1.25 bits per heavy atom. The van der Waals surface area contributed by atoms with Crippen LogP contribution in [0.2, 0.25) is 0 Å². The monoisotopic (exact) mass is 279 g/mol. The highest BCUT2D eigenvalue weighted by Crippen LogP contribution is 2.24. The van der Waals surface area contributed by atoms with Crippen LogP contribution in [0.3, 0.4) is 0 Å². The maximum absolute atomic E-state index is 5.80. The second-order valence-electron chi connectivity index (χ2n) is 7.04. The number of hydrogen-bond donors (Lipinski definition) is 1. The standard InChI is InChI=1S/C17H29NO2/c1-17(2,3)18-10-15-9-16(20-12-15)13-19-11-14-7-5-4-6-8-14/h9,12,14,18H,4-8,10-11,13H2,1-3H3. The summed E-state index contributed by atoms with van der Waals surface area (Å²) in [5, 5.41) is 3.46. The van der Waals surface area contributed by atoms with Crippen LogP contribution in [0.15, 0.2) is 16.7 Å². The van der Waals surface area contributed by atoms with E-state index in [-0.39, 0.29) is 5.54 Å². The van der Waals surface area contributed by atoms with Crippen LogP contribution in [0.25, 0.3) is 0 Å². The van der Waals surface area contributed by atoms with Crippen molar-refractivity contribution in [3.8, 4) is 0 Å². The lowest BCUT2D eigenvalue weighted by atomic mass is 9.90. The molecular formula is C17H29NO2. The average Bonchev–Trinajstić information content (AvgIpc) is 2.85. The molecule has 1 aliphatic carbocycles. The van der Waals surface area contributed by atoms with Crippen molar-refractivity contribution in [1.29, 1.82) is 0 Å². The molecule has 0 aliphatic heterocycles. The van der Waals surface area contributed by atoms with Crippen molar-refractivity contribution in [3.63, 3.8) is 0 Å². The summed E-state index contributed by atoms with van der Waals surface area (Å²) >= 11 is 0. The number of ether oxygens (including phenoxy) is 1. The van der Waals surface area contributed by atoms with Gasteiger partial charge in [-0.3, -0.25) is 0 Å². The van der Waals surface area contributed by atoms with Crippen LogP contribution < -0.4 is 5.32 Å². The van der Waals surface area contributed by atoms with Gasteiger partial charge in [0.1, 0.15) is 12.4 Å². The predicted molar refractivity (Wildman–Crippen MR) is 81.5 cm³/mol. The molecule has 0 aromatic carbocycles. The van der Waals surface area contributed by atoms with E-state index in [4.69, 9.17) is 9.15 Å². The van der Waals surface area contributed by atoms with Gasteiger partial charge in [0.2, 0.25) is 0 Å². The molecule has 1 fully saturated rings. The van der Waals surface area contributed by atoms with E-state index in [1.165, 1.54) is 37.7 Å². The van der Waals surface area contributed by atoms with E-state index in [0.717, 1.165) is 24.8 Å². The molecule has 3 nitrogen and oxygen atoms in total. The van der Waals surface area contributed by atoms with Gasteiger partial charge in [0, 0.05) is 24.3 Å². The Bertz CT molecular complexity index is 386. The molecule has 1 saturated carbocycles. The molecule has 2 rings (SSSR count). The van der Waals surface area contributed by atoms with E-state index in [2.05, 4.69) is 32.2 Å². The minimum Gasteiger partial charge on any atom is -0.467 e. The molecule has 1 aromatic heterocycles. The van der Waals surface area contributed by atoms with Crippen LogP contribution in [0.1, 0.15) is 64.2 Å². The molecule has 0 atom stereocenters. The average molecular weight is 279 g/mol. The molecule has 0 saturated heterocycles. The fourth-order valence-corrected chi connectivity index (χ4v) is 2.64. The van der Waals surface area contributed by atoms with Crippen LogP contribution in [-0.2, 0) is 17.9 Å². The SMILES string of the molecule is CC(C)(C)NCc1coc(COCC2CCCCC2)c1. The van der Waals surface area contributed by atoms with E-state index in [0.29, 0.717) is 6.61 Å². The molecule has 1 heterocycles. The van der Waals surface area contributed by atoms with Gasteiger partial charge in [-0.15, -0.1) is 0 Å². The summed E-state index contributed by atoms with van der Waals surface area (Å²) in [5.74, 6) is 1.70. The fraction of sp³-hybridized carbons (Fsp3) is 0.765. The molecule has 0 spiro atoms. The smallest absolute Gasteiger partial charge is 0.129 e. The lowest BCUT2D eigenvalue weighted by Crippen LogP contribution is -2.34. The third kappa shape index (κ3) is 5.68. The van der Waals surface area contributed by atoms with E-state index in [1.807, 2.05) is 6.26 Å². The molecule has 1 aromatic rings. The summed E-state index contributed by atoms with van der Waals surface area (Å²) < 4.78 is 11.4. The van der Waals surface area contributed by atoms with Crippen LogP contribution in [0.4, 0.5) is 0 Å². The van der Waals surface area contributed by atoms with Crippen molar-refractivity contribution in [2.24, 2.45) is 5.92 Å². The van der Waals surface area contributed by atoms with Crippen LogP contribution in [-0.4, -0.2) is 12.1 Å². The molecule has 1 N–H and O–H groups in total. The van der Waals surface area contributed by atoms with Crippen LogP contribution in [0, 0.1) is 5.92 Å². The molecule has 0 bridgehead atoms. The largest absolute Gasteiger partial charge is 0.467 e. The zero-order valence-corrected chi connectivity index (χ0v) is 13.2. The maximum Gasteiger partial charge on any atom is 0.129 e. The Morgan fingerprint density at radius 3 is 2.70 bits per heavy atom. The van der Waals surface area contributed by atoms with Crippen molar-refractivity contribution >= 4 is 0 Å². The normalized spacial score (nSPS) is 17.6. The summed E-state index contributed by atoms with van der Waals surface area (Å²) in [6.07, 6.45) is 8.64. The van der Waals surface area contributed by atoms with Crippen molar-refractivity contribution in [3.05, 3.63) is 23.7 Å². The van der Waals surface area contributed by atoms with Gasteiger partial charge in [0.15, 0.2) is 0 Å². The Morgan fingerprint density at radius 2 is 2.00 bits per heavy atom. The number of hydrogen-bond acceptors (Lipinski definition) is 3. The molecule has 20 heavy (non-hydrogen) atoms. The van der Waals surface area contributed by atoms with Gasteiger partial charge in [-0.25, -0.2) is 0 Å². The van der Waals surface area contributed by atoms with Crippen LogP contribution >= 0.6 is 0 Å². The zero-order chi connectivity index (χ0) is 14.4. The third-order valence-corrected chi connectivity index (χ3v) is 3.85. The lowest BCUT2D eigenvalue weighted by molar-refractivity contribution is 0.0637. The van der Waals surface area contributed by atoms with Crippen molar-refractivity contribution in [2.45, 2.75) is 71.6 Å². The highest BCUT2D eigenvalue weighted by Gasteiger charge is 2.14. The fourth-order valence-electron chi connectivity index (χ4n) is 2.64. The van der Waals surface area contributed by atoms with Gasteiger partial charge in [0.25, 0.3) is 0 Å². The first-order valence-electron chi connectivity index (χ1n) is 7.92. The number of nitrogens with one attached hydrogen (secondary N) is 1. The lowest BCUT2D eigenvalue weighted by Gasteiger charge is -2.20. The number of rotatable bonds is 6. The summed E-state index contributed by atoms with van der Waals surface area (Å²) in [7, 11) is 0.